The molecule has 0 aliphatic heterocycles. The topological polar surface area (TPSA) is 87.8 Å². The van der Waals surface area contributed by atoms with Gasteiger partial charge in [0.05, 0.1) is 22.7 Å². The number of hydrogen-bond acceptors (Lipinski definition) is 4. The second-order valence-electron chi connectivity index (χ2n) is 5.10. The van der Waals surface area contributed by atoms with Gasteiger partial charge in [-0.05, 0) is 25.5 Å². The molecule has 24 heavy (non-hydrogen) atoms. The molecule has 0 bridgehead atoms. The molecule has 9 heteroatoms. The summed E-state index contributed by atoms with van der Waals surface area (Å²) in [7, 11) is -3.47. The van der Waals surface area contributed by atoms with Crippen molar-refractivity contribution in [1.82, 2.24) is 0 Å². The van der Waals surface area contributed by atoms with E-state index < -0.39 is 10.0 Å². The number of nitrogens with two attached hydrogens (primary N) is 1. The lowest BCUT2D eigenvalue weighted by Gasteiger charge is -2.30. The molecule has 1 rings (SSSR count). The van der Waals surface area contributed by atoms with Gasteiger partial charge in [0.25, 0.3) is 0 Å². The molecule has 0 saturated heterocycles. The molecule has 0 radical (unpaired) electrons. The first-order valence-corrected chi connectivity index (χ1v) is 10.1. The fourth-order valence-corrected chi connectivity index (χ4v) is 3.67. The van der Waals surface area contributed by atoms with Gasteiger partial charge in [-0.3, -0.25) is 9.30 Å². The van der Waals surface area contributed by atoms with Crippen molar-refractivity contribution < 1.29 is 8.42 Å². The first-order valence-electron chi connectivity index (χ1n) is 7.29. The van der Waals surface area contributed by atoms with Gasteiger partial charge in [-0.1, -0.05) is 30.7 Å². The molecule has 0 amide bonds. The van der Waals surface area contributed by atoms with Crippen molar-refractivity contribution in [2.45, 2.75) is 26.3 Å². The second kappa shape index (κ2) is 9.15. The standard InChI is InChI=1S/C15H22Cl2N4O2S/c1-4-11(2)21(24(3,22)23)14-8-6-5-7-13(14)20-15(19-10-16)12(17)9-18/h5-9,11H,4,10,18H2,1-3H3,(H,19,20)/b12-9+/t11-/m0/s1. The van der Waals surface area contributed by atoms with E-state index in [1.165, 1.54) is 16.8 Å². The molecular weight excluding hydrogens is 371 g/mol. The highest BCUT2D eigenvalue weighted by molar-refractivity contribution is 7.92. The molecule has 134 valence electrons. The van der Waals surface area contributed by atoms with Gasteiger partial charge in [0, 0.05) is 12.2 Å². The summed E-state index contributed by atoms with van der Waals surface area (Å²) in [5.74, 6) is 0.263. The lowest BCUT2D eigenvalue weighted by atomic mass is 10.2. The van der Waals surface area contributed by atoms with Crippen LogP contribution in [0.2, 0.25) is 0 Å². The lowest BCUT2D eigenvalue weighted by molar-refractivity contribution is 0.582. The van der Waals surface area contributed by atoms with Crippen molar-refractivity contribution in [3.63, 3.8) is 0 Å². The molecule has 0 fully saturated rings. The lowest BCUT2D eigenvalue weighted by Crippen LogP contribution is -2.38. The van der Waals surface area contributed by atoms with Crippen molar-refractivity contribution in [2.24, 2.45) is 10.7 Å². The van der Waals surface area contributed by atoms with Crippen molar-refractivity contribution in [3.8, 4) is 0 Å². The van der Waals surface area contributed by atoms with Gasteiger partial charge in [0.1, 0.15) is 11.8 Å². The number of benzene rings is 1. The van der Waals surface area contributed by atoms with Crippen LogP contribution in [0.5, 0.6) is 0 Å². The Hall–Kier alpha value is -1.44. The van der Waals surface area contributed by atoms with Crippen molar-refractivity contribution in [1.29, 1.82) is 0 Å². The minimum atomic E-state index is -3.47. The van der Waals surface area contributed by atoms with E-state index in [1.807, 2.05) is 13.8 Å². The number of para-hydroxylation sites is 2. The van der Waals surface area contributed by atoms with Crippen LogP contribution in [0, 0.1) is 0 Å². The van der Waals surface area contributed by atoms with Gasteiger partial charge in [0.2, 0.25) is 10.0 Å². The Morgan fingerprint density at radius 1 is 1.46 bits per heavy atom. The fraction of sp³-hybridized carbons (Fsp3) is 0.400. The third-order valence-electron chi connectivity index (χ3n) is 3.33. The molecule has 1 atom stereocenters. The summed E-state index contributed by atoms with van der Waals surface area (Å²) >= 11 is 11.7. The highest BCUT2D eigenvalue weighted by Crippen LogP contribution is 2.30. The minimum absolute atomic E-state index is 0.0181. The number of sulfonamides is 1. The maximum Gasteiger partial charge on any atom is 0.232 e. The van der Waals surface area contributed by atoms with E-state index in [-0.39, 0.29) is 22.9 Å². The van der Waals surface area contributed by atoms with Crippen LogP contribution in [-0.2, 0) is 10.0 Å². The summed E-state index contributed by atoms with van der Waals surface area (Å²) in [4.78, 5) is 4.04. The zero-order chi connectivity index (χ0) is 18.3. The van der Waals surface area contributed by atoms with Crippen LogP contribution >= 0.6 is 23.2 Å². The molecule has 0 unspecified atom stereocenters. The molecular formula is C15H22Cl2N4O2S. The van der Waals surface area contributed by atoms with E-state index >= 15 is 0 Å². The summed E-state index contributed by atoms with van der Waals surface area (Å²) in [5.41, 5.74) is 6.46. The summed E-state index contributed by atoms with van der Waals surface area (Å²) in [5, 5.41) is 3.19. The second-order valence-corrected chi connectivity index (χ2v) is 7.60. The average molecular weight is 393 g/mol. The fourth-order valence-electron chi connectivity index (χ4n) is 2.12. The van der Waals surface area contributed by atoms with Gasteiger partial charge < -0.3 is 11.1 Å². The van der Waals surface area contributed by atoms with Crippen molar-refractivity contribution in [3.05, 3.63) is 35.5 Å². The maximum atomic E-state index is 12.3. The number of rotatable bonds is 7. The highest BCUT2D eigenvalue weighted by Gasteiger charge is 2.25. The van der Waals surface area contributed by atoms with Gasteiger partial charge in [-0.2, -0.15) is 0 Å². The zero-order valence-electron chi connectivity index (χ0n) is 13.8. The largest absolute Gasteiger partial charge is 0.403 e. The van der Waals surface area contributed by atoms with Crippen LogP contribution in [0.15, 0.2) is 40.5 Å². The Balaban J connectivity index is 3.41. The van der Waals surface area contributed by atoms with Crippen LogP contribution in [0.3, 0.4) is 0 Å². The van der Waals surface area contributed by atoms with Crippen molar-refractivity contribution >= 4 is 50.4 Å². The Morgan fingerprint density at radius 3 is 2.58 bits per heavy atom. The molecule has 0 aliphatic carbocycles. The number of nitrogens with zero attached hydrogens (tertiary/aromatic N) is 2. The van der Waals surface area contributed by atoms with E-state index in [9.17, 15) is 8.42 Å². The maximum absolute atomic E-state index is 12.3. The molecule has 3 N–H and O–H groups in total. The van der Waals surface area contributed by atoms with Crippen LogP contribution in [0.4, 0.5) is 11.4 Å². The van der Waals surface area contributed by atoms with Crippen LogP contribution < -0.4 is 15.4 Å². The smallest absolute Gasteiger partial charge is 0.232 e. The number of anilines is 2. The average Bonchev–Trinajstić information content (AvgIpc) is 2.53. The van der Waals surface area contributed by atoms with Gasteiger partial charge >= 0.3 is 0 Å². The summed E-state index contributed by atoms with van der Waals surface area (Å²) in [6.45, 7) is 3.77. The molecule has 0 spiro atoms. The van der Waals surface area contributed by atoms with E-state index in [0.717, 1.165) is 0 Å². The number of aliphatic imine (C=N–C) groups is 1. The molecule has 6 nitrogen and oxygen atoms in total. The van der Waals surface area contributed by atoms with Crippen LogP contribution in [-0.4, -0.2) is 32.6 Å². The number of amidine groups is 1. The third-order valence-corrected chi connectivity index (χ3v) is 5.03. The highest BCUT2D eigenvalue weighted by atomic mass is 35.5. The Kier molecular flexibility index (Phi) is 7.86. The zero-order valence-corrected chi connectivity index (χ0v) is 16.2. The predicted octanol–water partition coefficient (Wildman–Crippen LogP) is 3.30. The first-order chi connectivity index (χ1) is 11.3. The monoisotopic (exact) mass is 392 g/mol. The first kappa shape index (κ1) is 20.6. The predicted molar refractivity (Wildman–Crippen MR) is 103 cm³/mol. The quantitative estimate of drug-likeness (QED) is 0.322. The van der Waals surface area contributed by atoms with Gasteiger partial charge in [0.15, 0.2) is 0 Å². The van der Waals surface area contributed by atoms with E-state index in [1.54, 1.807) is 24.3 Å². The molecule has 1 aromatic rings. The van der Waals surface area contributed by atoms with Crippen molar-refractivity contribution in [2.75, 3.05) is 21.9 Å². The molecule has 0 saturated carbocycles. The molecule has 0 heterocycles. The van der Waals surface area contributed by atoms with E-state index in [0.29, 0.717) is 17.8 Å². The molecule has 1 aromatic carbocycles. The Morgan fingerprint density at radius 2 is 2.08 bits per heavy atom. The number of halogens is 2. The molecule has 0 aliphatic rings. The third kappa shape index (κ3) is 5.29. The van der Waals surface area contributed by atoms with Gasteiger partial charge in [-0.15, -0.1) is 11.6 Å². The normalized spacial score (nSPS) is 14.4. The Bertz CT molecular complexity index is 720. The minimum Gasteiger partial charge on any atom is -0.403 e. The summed E-state index contributed by atoms with van der Waals surface area (Å²) in [6.07, 6.45) is 3.02. The SMILES string of the molecule is CC[C@H](C)N(c1ccccc1NC(=N/CCl)/C(Cl)=C\N)S(C)(=O)=O. The van der Waals surface area contributed by atoms with Crippen LogP contribution in [0.1, 0.15) is 20.3 Å². The summed E-state index contributed by atoms with van der Waals surface area (Å²) < 4.78 is 25.9. The number of alkyl halides is 1. The number of hydrogen-bond donors (Lipinski definition) is 2. The Labute approximate surface area is 153 Å². The van der Waals surface area contributed by atoms with E-state index in [4.69, 9.17) is 28.9 Å². The molecule has 0 aromatic heterocycles. The number of nitrogens with one attached hydrogen (secondary N) is 1. The summed E-state index contributed by atoms with van der Waals surface area (Å²) in [6, 6.07) is 6.77. The van der Waals surface area contributed by atoms with E-state index in [2.05, 4.69) is 10.3 Å². The van der Waals surface area contributed by atoms with Crippen LogP contribution in [0.25, 0.3) is 0 Å². The van der Waals surface area contributed by atoms with Gasteiger partial charge in [-0.25, -0.2) is 8.42 Å².